The van der Waals surface area contributed by atoms with Crippen molar-refractivity contribution >= 4 is 5.91 Å². The molecule has 1 amide bonds. The minimum atomic E-state index is -0.409. The summed E-state index contributed by atoms with van der Waals surface area (Å²) in [5.41, 5.74) is 2.59. The number of rotatable bonds is 9. The summed E-state index contributed by atoms with van der Waals surface area (Å²) in [6.07, 6.45) is 0.980. The number of carbonyl (C=O) groups is 1. The zero-order valence-electron chi connectivity index (χ0n) is 15.7. The Bertz CT molecular complexity index is 652. The maximum absolute atomic E-state index is 12.1. The molecule has 2 aromatic carbocycles. The van der Waals surface area contributed by atoms with E-state index in [1.807, 2.05) is 12.1 Å². The first kappa shape index (κ1) is 19.5. The minimum Gasteiger partial charge on any atom is -0.392 e. The lowest BCUT2D eigenvalue weighted by molar-refractivity contribution is -0.122. The van der Waals surface area contributed by atoms with Crippen LogP contribution < -0.4 is 10.6 Å². The average Bonchev–Trinajstić information content (AvgIpc) is 3.13. The Kier molecular flexibility index (Phi) is 7.39. The highest BCUT2D eigenvalue weighted by Crippen LogP contribution is 2.11. The third-order valence-corrected chi connectivity index (χ3v) is 4.87. The molecule has 3 rings (SSSR count). The molecule has 0 aromatic heterocycles. The van der Waals surface area contributed by atoms with Crippen molar-refractivity contribution in [1.29, 1.82) is 0 Å². The molecule has 27 heavy (non-hydrogen) atoms. The summed E-state index contributed by atoms with van der Waals surface area (Å²) in [5, 5.41) is 15.6. The highest BCUT2D eigenvalue weighted by atomic mass is 16.3. The molecule has 3 N–H and O–H groups in total. The van der Waals surface area contributed by atoms with Crippen LogP contribution in [0.4, 0.5) is 0 Å². The third-order valence-electron chi connectivity index (χ3n) is 4.87. The molecule has 2 unspecified atom stereocenters. The molecule has 5 heteroatoms. The van der Waals surface area contributed by atoms with Crippen LogP contribution in [0, 0.1) is 0 Å². The maximum atomic E-state index is 12.1. The van der Waals surface area contributed by atoms with Crippen LogP contribution in [0.15, 0.2) is 60.7 Å². The van der Waals surface area contributed by atoms with E-state index in [1.54, 1.807) is 0 Å². The molecule has 1 saturated heterocycles. The Labute approximate surface area is 161 Å². The molecule has 0 radical (unpaired) electrons. The smallest absolute Gasteiger partial charge is 0.237 e. The van der Waals surface area contributed by atoms with Crippen molar-refractivity contribution in [1.82, 2.24) is 15.5 Å². The topological polar surface area (TPSA) is 64.6 Å². The Morgan fingerprint density at radius 2 is 1.63 bits per heavy atom. The summed E-state index contributed by atoms with van der Waals surface area (Å²) < 4.78 is 0. The van der Waals surface area contributed by atoms with Crippen LogP contribution in [0.3, 0.4) is 0 Å². The predicted octanol–water partition coefficient (Wildman–Crippen LogP) is 1.92. The Balaban J connectivity index is 1.48. The fourth-order valence-electron chi connectivity index (χ4n) is 3.45. The second-order valence-corrected chi connectivity index (χ2v) is 7.18. The van der Waals surface area contributed by atoms with Crippen molar-refractivity contribution < 1.29 is 9.90 Å². The zero-order valence-corrected chi connectivity index (χ0v) is 15.7. The lowest BCUT2D eigenvalue weighted by Crippen LogP contribution is -2.41. The van der Waals surface area contributed by atoms with Gasteiger partial charge >= 0.3 is 0 Å². The summed E-state index contributed by atoms with van der Waals surface area (Å²) >= 11 is 0. The molecule has 0 aliphatic carbocycles. The van der Waals surface area contributed by atoms with Gasteiger partial charge < -0.3 is 15.7 Å². The van der Waals surface area contributed by atoms with Gasteiger partial charge in [0.15, 0.2) is 0 Å². The number of hydrogen-bond acceptors (Lipinski definition) is 4. The van der Waals surface area contributed by atoms with Crippen molar-refractivity contribution in [2.24, 2.45) is 0 Å². The summed E-state index contributed by atoms with van der Waals surface area (Å²) in [7, 11) is 0. The number of amides is 1. The lowest BCUT2D eigenvalue weighted by Gasteiger charge is -2.23. The molecule has 0 saturated carbocycles. The number of nitrogens with one attached hydrogen (secondary N) is 2. The molecule has 1 aliphatic heterocycles. The van der Waals surface area contributed by atoms with E-state index in [1.165, 1.54) is 11.1 Å². The quantitative estimate of drug-likeness (QED) is 0.593. The Morgan fingerprint density at radius 3 is 2.15 bits per heavy atom. The number of β-amino-alcohol motifs (C(OH)–C–C–N with tert-alkyl or cyclic N) is 1. The van der Waals surface area contributed by atoms with E-state index in [0.29, 0.717) is 19.5 Å². The van der Waals surface area contributed by atoms with E-state index >= 15 is 0 Å². The van der Waals surface area contributed by atoms with Gasteiger partial charge in [-0.15, -0.1) is 0 Å². The van der Waals surface area contributed by atoms with E-state index in [9.17, 15) is 9.90 Å². The molecular formula is C22H29N3O2. The van der Waals surface area contributed by atoms with Gasteiger partial charge in [-0.3, -0.25) is 9.69 Å². The first-order chi connectivity index (χ1) is 13.2. The fraction of sp³-hybridized carbons (Fsp3) is 0.409. The first-order valence-corrected chi connectivity index (χ1v) is 9.70. The number of nitrogens with zero attached hydrogens (tertiary/aromatic N) is 1. The van der Waals surface area contributed by atoms with Crippen molar-refractivity contribution in [2.45, 2.75) is 38.1 Å². The molecule has 5 nitrogen and oxygen atoms in total. The fourth-order valence-corrected chi connectivity index (χ4v) is 3.45. The third kappa shape index (κ3) is 6.47. The van der Waals surface area contributed by atoms with Gasteiger partial charge in [0.25, 0.3) is 0 Å². The molecule has 1 heterocycles. The summed E-state index contributed by atoms with van der Waals surface area (Å²) in [5.74, 6) is -0.00998. The van der Waals surface area contributed by atoms with Crippen molar-refractivity contribution in [3.8, 4) is 0 Å². The van der Waals surface area contributed by atoms with E-state index in [-0.39, 0.29) is 11.9 Å². The highest BCUT2D eigenvalue weighted by molar-refractivity contribution is 5.82. The molecule has 2 atom stereocenters. The summed E-state index contributed by atoms with van der Waals surface area (Å²) in [6, 6.07) is 20.7. The Morgan fingerprint density at radius 1 is 1.04 bits per heavy atom. The molecule has 0 spiro atoms. The van der Waals surface area contributed by atoms with Crippen LogP contribution in [-0.2, 0) is 17.9 Å². The van der Waals surface area contributed by atoms with Gasteiger partial charge in [0, 0.05) is 32.7 Å². The summed E-state index contributed by atoms with van der Waals surface area (Å²) in [6.45, 7) is 3.83. The second kappa shape index (κ2) is 10.2. The van der Waals surface area contributed by atoms with E-state index < -0.39 is 6.10 Å². The Hall–Kier alpha value is -2.21. The van der Waals surface area contributed by atoms with Crippen LogP contribution in [0.1, 0.15) is 24.0 Å². The highest BCUT2D eigenvalue weighted by Gasteiger charge is 2.27. The molecule has 2 aromatic rings. The molecule has 144 valence electrons. The van der Waals surface area contributed by atoms with Crippen LogP contribution >= 0.6 is 0 Å². The predicted molar refractivity (Wildman–Crippen MR) is 107 cm³/mol. The standard InChI is InChI=1S/C22H29N3O2/c26-20-14-21(24-15-20)22(27)23-12-7-13-25(16-18-8-3-1-4-9-18)17-19-10-5-2-6-11-19/h1-6,8-11,20-21,24,26H,7,12-17H2,(H,23,27). The number of aliphatic hydroxyl groups is 1. The van der Waals surface area contributed by atoms with Gasteiger partial charge in [0.1, 0.15) is 0 Å². The largest absolute Gasteiger partial charge is 0.392 e. The van der Waals surface area contributed by atoms with Gasteiger partial charge in [-0.05, 0) is 24.0 Å². The van der Waals surface area contributed by atoms with E-state index in [2.05, 4.69) is 64.1 Å². The van der Waals surface area contributed by atoms with Crippen LogP contribution in [0.5, 0.6) is 0 Å². The SMILES string of the molecule is O=C(NCCCN(Cc1ccccc1)Cc1ccccc1)C1CC(O)CN1. The monoisotopic (exact) mass is 367 g/mol. The second-order valence-electron chi connectivity index (χ2n) is 7.18. The number of benzene rings is 2. The van der Waals surface area contributed by atoms with Crippen molar-refractivity contribution in [3.05, 3.63) is 71.8 Å². The first-order valence-electron chi connectivity index (χ1n) is 9.70. The van der Waals surface area contributed by atoms with Crippen LogP contribution in [0.2, 0.25) is 0 Å². The lowest BCUT2D eigenvalue weighted by atomic mass is 10.1. The normalized spacial score (nSPS) is 19.3. The summed E-state index contributed by atoms with van der Waals surface area (Å²) in [4.78, 5) is 14.5. The van der Waals surface area contributed by atoms with Gasteiger partial charge in [-0.2, -0.15) is 0 Å². The number of aliphatic hydroxyl groups excluding tert-OH is 1. The van der Waals surface area contributed by atoms with Crippen LogP contribution in [0.25, 0.3) is 0 Å². The van der Waals surface area contributed by atoms with Gasteiger partial charge in [0.05, 0.1) is 12.1 Å². The van der Waals surface area contributed by atoms with Crippen LogP contribution in [-0.4, -0.2) is 47.7 Å². The number of carbonyl (C=O) groups excluding carboxylic acids is 1. The maximum Gasteiger partial charge on any atom is 0.237 e. The van der Waals surface area contributed by atoms with Gasteiger partial charge in [0.2, 0.25) is 5.91 Å². The molecule has 1 fully saturated rings. The van der Waals surface area contributed by atoms with E-state index in [4.69, 9.17) is 0 Å². The van der Waals surface area contributed by atoms with Crippen molar-refractivity contribution in [2.75, 3.05) is 19.6 Å². The molecule has 0 bridgehead atoms. The molecular weight excluding hydrogens is 338 g/mol. The minimum absolute atomic E-state index is 0.00998. The van der Waals surface area contributed by atoms with Crippen molar-refractivity contribution in [3.63, 3.8) is 0 Å². The van der Waals surface area contributed by atoms with E-state index in [0.717, 1.165) is 26.1 Å². The number of hydrogen-bond donors (Lipinski definition) is 3. The van der Waals surface area contributed by atoms with Gasteiger partial charge in [-0.1, -0.05) is 60.7 Å². The zero-order chi connectivity index (χ0) is 18.9. The van der Waals surface area contributed by atoms with Gasteiger partial charge in [-0.25, -0.2) is 0 Å². The average molecular weight is 367 g/mol. The molecule has 1 aliphatic rings.